The maximum atomic E-state index is 13.9. The van der Waals surface area contributed by atoms with Crippen LogP contribution in [0.3, 0.4) is 0 Å². The quantitative estimate of drug-likeness (QED) is 0.869. The Balaban J connectivity index is 2.79. The van der Waals surface area contributed by atoms with Gasteiger partial charge >= 0.3 is 0 Å². The Bertz CT molecular complexity index is 369. The third kappa shape index (κ3) is 4.00. The molecule has 0 aliphatic rings. The Morgan fingerprint density at radius 1 is 1.35 bits per heavy atom. The van der Waals surface area contributed by atoms with Crippen molar-refractivity contribution in [2.75, 3.05) is 7.11 Å². The van der Waals surface area contributed by atoms with Gasteiger partial charge in [-0.15, -0.1) is 0 Å². The summed E-state index contributed by atoms with van der Waals surface area (Å²) in [5.41, 5.74) is 0.449. The third-order valence-corrected chi connectivity index (χ3v) is 2.74. The van der Waals surface area contributed by atoms with Gasteiger partial charge in [0.1, 0.15) is 0 Å². The largest absolute Gasteiger partial charge is 0.494 e. The van der Waals surface area contributed by atoms with Crippen LogP contribution in [0.25, 0.3) is 0 Å². The van der Waals surface area contributed by atoms with Gasteiger partial charge in [0.05, 0.1) is 13.2 Å². The van der Waals surface area contributed by atoms with E-state index in [1.54, 1.807) is 18.2 Å². The van der Waals surface area contributed by atoms with Crippen molar-refractivity contribution in [1.82, 2.24) is 0 Å². The summed E-state index contributed by atoms with van der Waals surface area (Å²) >= 11 is 0. The van der Waals surface area contributed by atoms with Crippen molar-refractivity contribution in [2.45, 2.75) is 39.7 Å². The molecule has 0 aromatic heterocycles. The van der Waals surface area contributed by atoms with E-state index in [4.69, 9.17) is 4.74 Å². The lowest BCUT2D eigenvalue weighted by Crippen LogP contribution is -2.09. The molecule has 1 aromatic rings. The van der Waals surface area contributed by atoms with Gasteiger partial charge in [-0.1, -0.05) is 32.9 Å². The van der Waals surface area contributed by atoms with Crippen LogP contribution in [0.1, 0.15) is 45.3 Å². The first-order valence-electron chi connectivity index (χ1n) is 5.85. The second kappa shape index (κ2) is 5.50. The lowest BCUT2D eigenvalue weighted by atomic mass is 9.88. The molecule has 0 aliphatic carbocycles. The van der Waals surface area contributed by atoms with E-state index in [1.807, 2.05) is 0 Å². The van der Waals surface area contributed by atoms with Crippen LogP contribution in [-0.4, -0.2) is 12.2 Å². The smallest absolute Gasteiger partial charge is 0.170 e. The maximum Gasteiger partial charge on any atom is 0.170 e. The Kier molecular flexibility index (Phi) is 4.52. The second-order valence-electron chi connectivity index (χ2n) is 5.48. The highest BCUT2D eigenvalue weighted by atomic mass is 19.1. The number of hydrogen-bond acceptors (Lipinski definition) is 2. The molecule has 17 heavy (non-hydrogen) atoms. The van der Waals surface area contributed by atoms with Gasteiger partial charge in [-0.25, -0.2) is 4.39 Å². The van der Waals surface area contributed by atoms with Crippen LogP contribution >= 0.6 is 0 Å². The molecule has 0 heterocycles. The topological polar surface area (TPSA) is 29.5 Å². The maximum absolute atomic E-state index is 13.9. The Morgan fingerprint density at radius 3 is 2.53 bits per heavy atom. The molecular formula is C14H21FO2. The number of rotatable bonds is 4. The molecule has 1 atom stereocenters. The Labute approximate surface area is 102 Å². The molecule has 2 nitrogen and oxygen atoms in total. The molecule has 1 N–H and O–H groups in total. The van der Waals surface area contributed by atoms with Crippen LogP contribution in [0.5, 0.6) is 5.75 Å². The first kappa shape index (κ1) is 14.0. The molecule has 96 valence electrons. The van der Waals surface area contributed by atoms with Gasteiger partial charge in [-0.3, -0.25) is 0 Å². The summed E-state index contributed by atoms with van der Waals surface area (Å²) in [7, 11) is 1.42. The van der Waals surface area contributed by atoms with E-state index in [-0.39, 0.29) is 11.2 Å². The van der Waals surface area contributed by atoms with Crippen molar-refractivity contribution >= 4 is 0 Å². The molecule has 3 heteroatoms. The van der Waals surface area contributed by atoms with Crippen molar-refractivity contribution in [3.8, 4) is 5.75 Å². The van der Waals surface area contributed by atoms with Crippen LogP contribution in [-0.2, 0) is 0 Å². The lowest BCUT2D eigenvalue weighted by molar-refractivity contribution is 0.143. The second-order valence-corrected chi connectivity index (χ2v) is 5.48. The van der Waals surface area contributed by atoms with E-state index in [0.29, 0.717) is 12.0 Å². The van der Waals surface area contributed by atoms with Crippen molar-refractivity contribution < 1.29 is 14.2 Å². The van der Waals surface area contributed by atoms with Crippen LogP contribution in [0.4, 0.5) is 4.39 Å². The minimum Gasteiger partial charge on any atom is -0.494 e. The number of aliphatic hydroxyl groups is 1. The fourth-order valence-electron chi connectivity index (χ4n) is 1.67. The first-order chi connectivity index (χ1) is 7.85. The SMILES string of the molecule is COc1cccc(C(O)CCC(C)(C)C)c1F. The summed E-state index contributed by atoms with van der Waals surface area (Å²) in [6.45, 7) is 6.30. The molecular weight excluding hydrogens is 219 g/mol. The van der Waals surface area contributed by atoms with E-state index in [2.05, 4.69) is 20.8 Å². The molecule has 1 unspecified atom stereocenters. The van der Waals surface area contributed by atoms with Gasteiger partial charge in [-0.05, 0) is 24.3 Å². The molecule has 0 bridgehead atoms. The summed E-state index contributed by atoms with van der Waals surface area (Å²) in [5.74, 6) is -0.284. The van der Waals surface area contributed by atoms with Gasteiger partial charge in [0.25, 0.3) is 0 Å². The molecule has 0 amide bonds. The molecule has 0 aliphatic heterocycles. The number of methoxy groups -OCH3 is 1. The molecule has 0 saturated carbocycles. The number of benzene rings is 1. The number of halogens is 1. The van der Waals surface area contributed by atoms with Crippen molar-refractivity contribution in [3.05, 3.63) is 29.6 Å². The number of ether oxygens (including phenoxy) is 1. The van der Waals surface area contributed by atoms with Gasteiger partial charge in [0.15, 0.2) is 11.6 Å². The average Bonchev–Trinajstić information content (AvgIpc) is 2.25. The summed E-state index contributed by atoms with van der Waals surface area (Å²) in [5, 5.41) is 9.99. The van der Waals surface area contributed by atoms with Crippen molar-refractivity contribution in [1.29, 1.82) is 0 Å². The number of aliphatic hydroxyl groups excluding tert-OH is 1. The molecule has 0 radical (unpaired) electrons. The molecule has 1 rings (SSSR count). The summed E-state index contributed by atoms with van der Waals surface area (Å²) in [6, 6.07) is 4.85. The minimum atomic E-state index is -0.774. The molecule has 0 saturated heterocycles. The van der Waals surface area contributed by atoms with E-state index in [1.165, 1.54) is 7.11 Å². The average molecular weight is 240 g/mol. The Morgan fingerprint density at radius 2 is 2.00 bits per heavy atom. The van der Waals surface area contributed by atoms with Crippen LogP contribution < -0.4 is 4.74 Å². The predicted octanol–water partition coefficient (Wildman–Crippen LogP) is 3.69. The van der Waals surface area contributed by atoms with Gasteiger partial charge in [-0.2, -0.15) is 0 Å². The predicted molar refractivity (Wildman–Crippen MR) is 66.6 cm³/mol. The zero-order chi connectivity index (χ0) is 13.1. The van der Waals surface area contributed by atoms with E-state index < -0.39 is 11.9 Å². The molecule has 1 aromatic carbocycles. The normalized spacial score (nSPS) is 13.5. The van der Waals surface area contributed by atoms with Gasteiger partial charge in [0.2, 0.25) is 0 Å². The zero-order valence-corrected chi connectivity index (χ0v) is 11.0. The monoisotopic (exact) mass is 240 g/mol. The highest BCUT2D eigenvalue weighted by Gasteiger charge is 2.19. The standard InChI is InChI=1S/C14H21FO2/c1-14(2,3)9-8-11(16)10-6-5-7-12(17-4)13(10)15/h5-7,11,16H,8-9H2,1-4H3. The zero-order valence-electron chi connectivity index (χ0n) is 11.0. The summed E-state index contributed by atoms with van der Waals surface area (Å²) < 4.78 is 18.8. The van der Waals surface area contributed by atoms with E-state index in [0.717, 1.165) is 6.42 Å². The third-order valence-electron chi connectivity index (χ3n) is 2.74. The van der Waals surface area contributed by atoms with Gasteiger partial charge in [0, 0.05) is 5.56 Å². The Hall–Kier alpha value is -1.09. The first-order valence-corrected chi connectivity index (χ1v) is 5.85. The van der Waals surface area contributed by atoms with Gasteiger partial charge < -0.3 is 9.84 Å². The fourth-order valence-corrected chi connectivity index (χ4v) is 1.67. The van der Waals surface area contributed by atoms with Crippen LogP contribution in [0.15, 0.2) is 18.2 Å². The van der Waals surface area contributed by atoms with Crippen molar-refractivity contribution in [3.63, 3.8) is 0 Å². The van der Waals surface area contributed by atoms with Crippen LogP contribution in [0, 0.1) is 11.2 Å². The summed E-state index contributed by atoms with van der Waals surface area (Å²) in [6.07, 6.45) is 0.614. The summed E-state index contributed by atoms with van der Waals surface area (Å²) in [4.78, 5) is 0. The lowest BCUT2D eigenvalue weighted by Gasteiger charge is -2.21. The van der Waals surface area contributed by atoms with Crippen LogP contribution in [0.2, 0.25) is 0 Å². The molecule has 0 spiro atoms. The van der Waals surface area contributed by atoms with E-state index in [9.17, 15) is 9.50 Å². The molecule has 0 fully saturated rings. The highest BCUT2D eigenvalue weighted by Crippen LogP contribution is 2.31. The highest BCUT2D eigenvalue weighted by molar-refractivity contribution is 5.32. The van der Waals surface area contributed by atoms with Crippen molar-refractivity contribution in [2.24, 2.45) is 5.41 Å². The van der Waals surface area contributed by atoms with E-state index >= 15 is 0 Å². The number of hydrogen-bond donors (Lipinski definition) is 1. The fraction of sp³-hybridized carbons (Fsp3) is 0.571. The minimum absolute atomic E-state index is 0.135.